The molecular weight excluding hydrogens is 436 g/mol. The number of hydrogen-bond donors (Lipinski definition) is 1. The summed E-state index contributed by atoms with van der Waals surface area (Å²) in [5, 5.41) is 3.06. The molecule has 182 valence electrons. The molecule has 0 aromatic heterocycles. The van der Waals surface area contributed by atoms with Gasteiger partial charge >= 0.3 is 0 Å². The average molecular weight is 475 g/mol. The number of rotatable bonds is 10. The van der Waals surface area contributed by atoms with Gasteiger partial charge in [0, 0.05) is 13.0 Å². The standard InChI is InChI=1S/C26H38N2O4S/c1-17(2)23-16-24(20(5)15-25(23)32-7)21(6)27-26(29)10-9-11-28(33(8,30)31)22-13-18(3)12-19(4)14-22/h12-17,21H,9-11H2,1-8H3,(H,27,29)/t21-/m1/s1. The number of nitrogens with zero attached hydrogens (tertiary/aromatic N) is 1. The van der Waals surface area contributed by atoms with Gasteiger partial charge in [0.1, 0.15) is 5.75 Å². The summed E-state index contributed by atoms with van der Waals surface area (Å²) in [6, 6.07) is 9.68. The van der Waals surface area contributed by atoms with E-state index in [0.717, 1.165) is 33.6 Å². The Labute approximate surface area is 199 Å². The van der Waals surface area contributed by atoms with E-state index in [0.29, 0.717) is 18.0 Å². The molecule has 2 rings (SSSR count). The number of benzene rings is 2. The van der Waals surface area contributed by atoms with Crippen molar-refractivity contribution in [2.75, 3.05) is 24.2 Å². The van der Waals surface area contributed by atoms with Gasteiger partial charge in [-0.3, -0.25) is 9.10 Å². The van der Waals surface area contributed by atoms with Crippen molar-refractivity contribution in [1.82, 2.24) is 5.32 Å². The van der Waals surface area contributed by atoms with Crippen LogP contribution in [0, 0.1) is 20.8 Å². The van der Waals surface area contributed by atoms with E-state index in [1.165, 1.54) is 10.6 Å². The average Bonchev–Trinajstić information content (AvgIpc) is 2.68. The zero-order valence-electron chi connectivity index (χ0n) is 21.2. The molecule has 0 bridgehead atoms. The summed E-state index contributed by atoms with van der Waals surface area (Å²) in [5.74, 6) is 1.06. The Balaban J connectivity index is 2.06. The number of nitrogens with one attached hydrogen (secondary N) is 1. The molecule has 0 heterocycles. The van der Waals surface area contributed by atoms with Crippen molar-refractivity contribution in [3.05, 3.63) is 58.1 Å². The lowest BCUT2D eigenvalue weighted by molar-refractivity contribution is -0.121. The van der Waals surface area contributed by atoms with Gasteiger partial charge < -0.3 is 10.1 Å². The van der Waals surface area contributed by atoms with E-state index in [1.54, 1.807) is 7.11 Å². The van der Waals surface area contributed by atoms with Crippen LogP contribution in [0.5, 0.6) is 5.75 Å². The molecule has 6 nitrogen and oxygen atoms in total. The SMILES string of the molecule is COc1cc(C)c([C@@H](C)NC(=O)CCCN(c2cc(C)cc(C)c2)S(C)(=O)=O)cc1C(C)C. The molecule has 0 saturated heterocycles. The van der Waals surface area contributed by atoms with Gasteiger partial charge in [-0.1, -0.05) is 19.9 Å². The molecule has 0 fully saturated rings. The van der Waals surface area contributed by atoms with Gasteiger partial charge in [-0.15, -0.1) is 0 Å². The van der Waals surface area contributed by atoms with Crippen LogP contribution >= 0.6 is 0 Å². The number of ether oxygens (including phenoxy) is 1. The molecule has 0 saturated carbocycles. The minimum absolute atomic E-state index is 0.0994. The molecule has 2 aromatic carbocycles. The molecule has 0 aliphatic rings. The highest BCUT2D eigenvalue weighted by Crippen LogP contribution is 2.32. The summed E-state index contributed by atoms with van der Waals surface area (Å²) in [5.41, 5.74) is 5.86. The molecule has 0 unspecified atom stereocenters. The molecule has 7 heteroatoms. The topological polar surface area (TPSA) is 75.7 Å². The lowest BCUT2D eigenvalue weighted by atomic mass is 9.93. The van der Waals surface area contributed by atoms with E-state index < -0.39 is 10.0 Å². The Morgan fingerprint density at radius 3 is 2.12 bits per heavy atom. The zero-order chi connectivity index (χ0) is 24.9. The monoisotopic (exact) mass is 474 g/mol. The van der Waals surface area contributed by atoms with Crippen molar-refractivity contribution in [3.63, 3.8) is 0 Å². The summed E-state index contributed by atoms with van der Waals surface area (Å²) in [7, 11) is -1.78. The smallest absolute Gasteiger partial charge is 0.232 e. The predicted molar refractivity (Wildman–Crippen MR) is 136 cm³/mol. The highest BCUT2D eigenvalue weighted by atomic mass is 32.2. The summed E-state index contributed by atoms with van der Waals surface area (Å²) in [4.78, 5) is 12.7. The molecule has 0 aliphatic heterocycles. The van der Waals surface area contributed by atoms with E-state index >= 15 is 0 Å². The van der Waals surface area contributed by atoms with Crippen LogP contribution in [0.1, 0.15) is 73.4 Å². The molecule has 0 spiro atoms. The van der Waals surface area contributed by atoms with E-state index in [4.69, 9.17) is 4.74 Å². The maximum Gasteiger partial charge on any atom is 0.232 e. The number of sulfonamides is 1. The molecular formula is C26H38N2O4S. The second kappa shape index (κ2) is 11.1. The number of carbonyl (C=O) groups excluding carboxylic acids is 1. The van der Waals surface area contributed by atoms with Gasteiger partial charge in [0.15, 0.2) is 0 Å². The third kappa shape index (κ3) is 7.22. The first kappa shape index (κ1) is 26.7. The first-order chi connectivity index (χ1) is 15.3. The van der Waals surface area contributed by atoms with Crippen LogP contribution in [0.2, 0.25) is 0 Å². The fourth-order valence-electron chi connectivity index (χ4n) is 4.17. The fraction of sp³-hybridized carbons (Fsp3) is 0.500. The Bertz CT molecular complexity index is 1070. The van der Waals surface area contributed by atoms with Crippen LogP contribution < -0.4 is 14.4 Å². The Hall–Kier alpha value is -2.54. The van der Waals surface area contributed by atoms with Gasteiger partial charge in [0.05, 0.1) is 25.1 Å². The minimum atomic E-state index is -3.45. The largest absolute Gasteiger partial charge is 0.496 e. The summed E-state index contributed by atoms with van der Waals surface area (Å²) in [6.45, 7) is 12.3. The molecule has 2 aromatic rings. The summed E-state index contributed by atoms with van der Waals surface area (Å²) < 4.78 is 31.7. The second-order valence-corrected chi connectivity index (χ2v) is 11.1. The number of methoxy groups -OCH3 is 1. The van der Waals surface area contributed by atoms with Crippen LogP contribution in [-0.4, -0.2) is 34.2 Å². The number of amides is 1. The highest BCUT2D eigenvalue weighted by Gasteiger charge is 2.20. The fourth-order valence-corrected chi connectivity index (χ4v) is 5.12. The predicted octanol–water partition coefficient (Wildman–Crippen LogP) is 5.17. The maximum absolute atomic E-state index is 12.7. The lowest BCUT2D eigenvalue weighted by Gasteiger charge is -2.24. The molecule has 1 amide bonds. The van der Waals surface area contributed by atoms with E-state index in [-0.39, 0.29) is 24.9 Å². The lowest BCUT2D eigenvalue weighted by Crippen LogP contribution is -2.32. The van der Waals surface area contributed by atoms with Crippen molar-refractivity contribution < 1.29 is 17.9 Å². The van der Waals surface area contributed by atoms with Crippen molar-refractivity contribution in [3.8, 4) is 5.75 Å². The number of anilines is 1. The maximum atomic E-state index is 12.7. The Kier molecular flexibility index (Phi) is 8.95. The molecule has 1 atom stereocenters. The van der Waals surface area contributed by atoms with Gasteiger partial charge in [-0.2, -0.15) is 0 Å². The van der Waals surface area contributed by atoms with Crippen molar-refractivity contribution in [2.24, 2.45) is 0 Å². The summed E-state index contributed by atoms with van der Waals surface area (Å²) >= 11 is 0. The number of aryl methyl sites for hydroxylation is 3. The summed E-state index contributed by atoms with van der Waals surface area (Å²) in [6.07, 6.45) is 1.87. The molecule has 0 radical (unpaired) electrons. The van der Waals surface area contributed by atoms with Gasteiger partial charge in [-0.25, -0.2) is 8.42 Å². The second-order valence-electron chi connectivity index (χ2n) is 9.18. The van der Waals surface area contributed by atoms with Gasteiger partial charge in [-0.05, 0) is 92.1 Å². The third-order valence-corrected chi connectivity index (χ3v) is 6.94. The van der Waals surface area contributed by atoms with Crippen LogP contribution in [0.15, 0.2) is 30.3 Å². The first-order valence-corrected chi connectivity index (χ1v) is 13.2. The molecule has 1 N–H and O–H groups in total. The number of hydrogen-bond acceptors (Lipinski definition) is 4. The van der Waals surface area contributed by atoms with Crippen LogP contribution in [0.3, 0.4) is 0 Å². The van der Waals surface area contributed by atoms with E-state index in [2.05, 4.69) is 25.2 Å². The Morgan fingerprint density at radius 1 is 1.00 bits per heavy atom. The third-order valence-electron chi connectivity index (χ3n) is 5.74. The van der Waals surface area contributed by atoms with Crippen LogP contribution in [0.25, 0.3) is 0 Å². The van der Waals surface area contributed by atoms with E-state index in [1.807, 2.05) is 52.0 Å². The quantitative estimate of drug-likeness (QED) is 0.516. The first-order valence-electron chi connectivity index (χ1n) is 11.4. The van der Waals surface area contributed by atoms with Crippen molar-refractivity contribution in [1.29, 1.82) is 0 Å². The van der Waals surface area contributed by atoms with Crippen molar-refractivity contribution in [2.45, 2.75) is 66.3 Å². The van der Waals surface area contributed by atoms with Crippen molar-refractivity contribution >= 4 is 21.6 Å². The van der Waals surface area contributed by atoms with Crippen LogP contribution in [-0.2, 0) is 14.8 Å². The minimum Gasteiger partial charge on any atom is -0.496 e. The number of carbonyl (C=O) groups is 1. The molecule has 0 aliphatic carbocycles. The zero-order valence-corrected chi connectivity index (χ0v) is 22.0. The van der Waals surface area contributed by atoms with Crippen LogP contribution in [0.4, 0.5) is 5.69 Å². The Morgan fingerprint density at radius 2 is 1.61 bits per heavy atom. The van der Waals surface area contributed by atoms with E-state index in [9.17, 15) is 13.2 Å². The van der Waals surface area contributed by atoms with Gasteiger partial charge in [0.25, 0.3) is 0 Å². The normalized spacial score (nSPS) is 12.5. The highest BCUT2D eigenvalue weighted by molar-refractivity contribution is 7.92. The van der Waals surface area contributed by atoms with Gasteiger partial charge in [0.2, 0.25) is 15.9 Å². The molecule has 33 heavy (non-hydrogen) atoms.